The van der Waals surface area contributed by atoms with Crippen LogP contribution in [0, 0.1) is 0 Å². The van der Waals surface area contributed by atoms with Crippen LogP contribution in [-0.2, 0) is 9.53 Å². The van der Waals surface area contributed by atoms with Crippen molar-refractivity contribution in [1.29, 1.82) is 0 Å². The lowest BCUT2D eigenvalue weighted by Gasteiger charge is -2.13. The van der Waals surface area contributed by atoms with E-state index in [1.165, 1.54) is 7.11 Å². The maximum absolute atomic E-state index is 12.1. The molecule has 0 unspecified atom stereocenters. The molecule has 0 radical (unpaired) electrons. The molecule has 132 valence electrons. The molecule has 0 fully saturated rings. The van der Waals surface area contributed by atoms with Crippen LogP contribution < -0.4 is 15.5 Å². The van der Waals surface area contributed by atoms with Gasteiger partial charge in [-0.2, -0.15) is 0 Å². The summed E-state index contributed by atoms with van der Waals surface area (Å²) in [7, 11) is 5.28. The molecule has 2 rings (SSSR count). The topological polar surface area (TPSA) is 70.7 Å². The fourth-order valence-corrected chi connectivity index (χ4v) is 2.29. The molecule has 2 aromatic carbocycles. The van der Waals surface area contributed by atoms with Gasteiger partial charge in [-0.25, -0.2) is 4.79 Å². The molecule has 0 heterocycles. The monoisotopic (exact) mass is 341 g/mol. The lowest BCUT2D eigenvalue weighted by molar-refractivity contribution is -0.115. The highest BCUT2D eigenvalue weighted by molar-refractivity contribution is 6.01. The highest BCUT2D eigenvalue weighted by Crippen LogP contribution is 2.17. The van der Waals surface area contributed by atoms with Gasteiger partial charge in [-0.15, -0.1) is 0 Å². The molecule has 6 heteroatoms. The Morgan fingerprint density at radius 2 is 1.72 bits per heavy atom. The van der Waals surface area contributed by atoms with E-state index in [1.807, 2.05) is 43.3 Å². The molecule has 2 N–H and O–H groups in total. The summed E-state index contributed by atoms with van der Waals surface area (Å²) < 4.78 is 4.72. The molecule has 0 bridgehead atoms. The first-order valence-electron chi connectivity index (χ1n) is 7.99. The van der Waals surface area contributed by atoms with E-state index in [9.17, 15) is 9.59 Å². The minimum absolute atomic E-state index is 0.172. The Kier molecular flexibility index (Phi) is 6.39. The Morgan fingerprint density at radius 3 is 2.36 bits per heavy atom. The largest absolute Gasteiger partial charge is 0.465 e. The Bertz CT molecular complexity index is 727. The minimum atomic E-state index is -0.477. The van der Waals surface area contributed by atoms with Crippen molar-refractivity contribution in [3.63, 3.8) is 0 Å². The number of carbonyl (C=O) groups is 2. The van der Waals surface area contributed by atoms with Crippen molar-refractivity contribution in [2.45, 2.75) is 6.42 Å². The standard InChI is InChI=1S/C19H23N3O3/c1-22(2)15-10-8-14(9-11-15)20-13-12-18(23)21-17-7-5-4-6-16(17)19(24)25-3/h4-11,20H,12-13H2,1-3H3,(H,21,23). The Morgan fingerprint density at radius 1 is 1.04 bits per heavy atom. The zero-order chi connectivity index (χ0) is 18.2. The lowest BCUT2D eigenvalue weighted by atomic mass is 10.1. The first-order valence-corrected chi connectivity index (χ1v) is 7.99. The van der Waals surface area contributed by atoms with Gasteiger partial charge in [-0.1, -0.05) is 12.1 Å². The van der Waals surface area contributed by atoms with Crippen LogP contribution in [0.2, 0.25) is 0 Å². The molecule has 2 aromatic rings. The molecule has 0 atom stereocenters. The number of hydrogen-bond donors (Lipinski definition) is 2. The van der Waals surface area contributed by atoms with Gasteiger partial charge in [0.2, 0.25) is 5.91 Å². The molecule has 0 saturated carbocycles. The van der Waals surface area contributed by atoms with Crippen molar-refractivity contribution in [3.05, 3.63) is 54.1 Å². The number of ether oxygens (including phenoxy) is 1. The van der Waals surface area contributed by atoms with Crippen LogP contribution in [0.4, 0.5) is 17.1 Å². The highest BCUT2D eigenvalue weighted by atomic mass is 16.5. The average Bonchev–Trinajstić information content (AvgIpc) is 2.62. The number of benzene rings is 2. The van der Waals surface area contributed by atoms with Gasteiger partial charge in [0.1, 0.15) is 0 Å². The van der Waals surface area contributed by atoms with Gasteiger partial charge < -0.3 is 20.3 Å². The molecule has 25 heavy (non-hydrogen) atoms. The summed E-state index contributed by atoms with van der Waals surface area (Å²) in [6, 6.07) is 14.7. The molecule has 0 aromatic heterocycles. The number of amides is 1. The van der Waals surface area contributed by atoms with E-state index in [2.05, 4.69) is 10.6 Å². The Balaban J connectivity index is 1.86. The summed E-state index contributed by atoms with van der Waals surface area (Å²) >= 11 is 0. The normalized spacial score (nSPS) is 10.0. The number of para-hydroxylation sites is 1. The third-order valence-electron chi connectivity index (χ3n) is 3.67. The van der Waals surface area contributed by atoms with Gasteiger partial charge in [0.15, 0.2) is 0 Å². The van der Waals surface area contributed by atoms with Gasteiger partial charge in [-0.05, 0) is 36.4 Å². The molecule has 0 aliphatic heterocycles. The summed E-state index contributed by atoms with van der Waals surface area (Å²) in [5.74, 6) is -0.649. The number of esters is 1. The Labute approximate surface area is 147 Å². The maximum atomic E-state index is 12.1. The van der Waals surface area contributed by atoms with Gasteiger partial charge in [0.05, 0.1) is 18.4 Å². The molecule has 0 aliphatic rings. The highest BCUT2D eigenvalue weighted by Gasteiger charge is 2.12. The van der Waals surface area contributed by atoms with E-state index >= 15 is 0 Å². The van der Waals surface area contributed by atoms with E-state index < -0.39 is 5.97 Å². The predicted molar refractivity (Wildman–Crippen MR) is 100 cm³/mol. The number of hydrogen-bond acceptors (Lipinski definition) is 5. The van der Waals surface area contributed by atoms with Crippen LogP contribution in [0.25, 0.3) is 0 Å². The molecular formula is C19H23N3O3. The van der Waals surface area contributed by atoms with Gasteiger partial charge in [0.25, 0.3) is 0 Å². The lowest BCUT2D eigenvalue weighted by Crippen LogP contribution is -2.18. The molecule has 0 aliphatic carbocycles. The van der Waals surface area contributed by atoms with Crippen molar-refractivity contribution >= 4 is 28.9 Å². The first kappa shape index (κ1) is 18.3. The third-order valence-corrected chi connectivity index (χ3v) is 3.67. The SMILES string of the molecule is COC(=O)c1ccccc1NC(=O)CCNc1ccc(N(C)C)cc1. The quantitative estimate of drug-likeness (QED) is 0.758. The second-order valence-corrected chi connectivity index (χ2v) is 5.70. The summed E-state index contributed by atoms with van der Waals surface area (Å²) in [5, 5.41) is 5.95. The molecular weight excluding hydrogens is 318 g/mol. The van der Waals surface area contributed by atoms with Gasteiger partial charge in [0, 0.05) is 38.4 Å². The number of methoxy groups -OCH3 is 1. The van der Waals surface area contributed by atoms with Gasteiger partial charge in [-0.3, -0.25) is 4.79 Å². The van der Waals surface area contributed by atoms with Gasteiger partial charge >= 0.3 is 5.97 Å². The molecule has 0 saturated heterocycles. The zero-order valence-corrected chi connectivity index (χ0v) is 14.7. The summed E-state index contributed by atoms with van der Waals surface area (Å²) in [6.07, 6.45) is 0.283. The van der Waals surface area contributed by atoms with E-state index in [0.29, 0.717) is 17.8 Å². The predicted octanol–water partition coefficient (Wildman–Crippen LogP) is 2.98. The van der Waals surface area contributed by atoms with Crippen molar-refractivity contribution in [2.75, 3.05) is 43.3 Å². The third kappa shape index (κ3) is 5.24. The smallest absolute Gasteiger partial charge is 0.339 e. The average molecular weight is 341 g/mol. The van der Waals surface area contributed by atoms with Crippen LogP contribution in [-0.4, -0.2) is 39.6 Å². The Hall–Kier alpha value is -3.02. The summed E-state index contributed by atoms with van der Waals surface area (Å²) in [6.45, 7) is 0.494. The van der Waals surface area contributed by atoms with Crippen LogP contribution in [0.1, 0.15) is 16.8 Å². The fourth-order valence-electron chi connectivity index (χ4n) is 2.29. The first-order chi connectivity index (χ1) is 12.0. The second kappa shape index (κ2) is 8.73. The van der Waals surface area contributed by atoms with E-state index in [0.717, 1.165) is 11.4 Å². The van der Waals surface area contributed by atoms with Crippen molar-refractivity contribution < 1.29 is 14.3 Å². The van der Waals surface area contributed by atoms with E-state index in [-0.39, 0.29) is 12.3 Å². The maximum Gasteiger partial charge on any atom is 0.339 e. The van der Waals surface area contributed by atoms with Crippen LogP contribution >= 0.6 is 0 Å². The molecule has 0 spiro atoms. The number of carbonyl (C=O) groups excluding carboxylic acids is 2. The summed E-state index contributed by atoms with van der Waals surface area (Å²) in [4.78, 5) is 25.8. The number of nitrogens with zero attached hydrogens (tertiary/aromatic N) is 1. The number of rotatable bonds is 7. The van der Waals surface area contributed by atoms with Crippen LogP contribution in [0.5, 0.6) is 0 Å². The molecule has 1 amide bonds. The van der Waals surface area contributed by atoms with Crippen LogP contribution in [0.15, 0.2) is 48.5 Å². The van der Waals surface area contributed by atoms with E-state index in [1.54, 1.807) is 24.3 Å². The zero-order valence-electron chi connectivity index (χ0n) is 14.7. The summed E-state index contributed by atoms with van der Waals surface area (Å²) in [5.41, 5.74) is 2.86. The van der Waals surface area contributed by atoms with Crippen molar-refractivity contribution in [3.8, 4) is 0 Å². The minimum Gasteiger partial charge on any atom is -0.465 e. The van der Waals surface area contributed by atoms with Crippen molar-refractivity contribution in [2.24, 2.45) is 0 Å². The number of nitrogens with one attached hydrogen (secondary N) is 2. The van der Waals surface area contributed by atoms with E-state index in [4.69, 9.17) is 4.74 Å². The second-order valence-electron chi connectivity index (χ2n) is 5.70. The molecule has 6 nitrogen and oxygen atoms in total. The number of anilines is 3. The van der Waals surface area contributed by atoms with Crippen molar-refractivity contribution in [1.82, 2.24) is 0 Å². The van der Waals surface area contributed by atoms with Crippen LogP contribution in [0.3, 0.4) is 0 Å². The fraction of sp³-hybridized carbons (Fsp3) is 0.263.